The van der Waals surface area contributed by atoms with Gasteiger partial charge in [-0.15, -0.1) is 0 Å². The molecule has 0 saturated carbocycles. The Labute approximate surface area is 191 Å². The average molecular weight is 457 g/mol. The minimum absolute atomic E-state index is 0.108. The van der Waals surface area contributed by atoms with E-state index >= 15 is 0 Å². The van der Waals surface area contributed by atoms with Crippen molar-refractivity contribution in [2.75, 3.05) is 32.6 Å². The molecule has 3 aromatic rings. The van der Waals surface area contributed by atoms with E-state index < -0.39 is 6.09 Å². The van der Waals surface area contributed by atoms with Crippen LogP contribution in [0.5, 0.6) is 0 Å². The van der Waals surface area contributed by atoms with E-state index in [1.54, 1.807) is 6.20 Å². The number of benzene rings is 2. The number of carbonyl (C=O) groups is 1. The lowest BCUT2D eigenvalue weighted by molar-refractivity contribution is 0.151. The number of fused-ring (bicyclic) bond motifs is 3. The molecule has 1 amide bonds. The molecule has 0 aliphatic heterocycles. The summed E-state index contributed by atoms with van der Waals surface area (Å²) in [6, 6.07) is 13.8. The SMILES string of the molecule is CN(C)CCOC(=O)Nc1ncc2c(n1)-c1ccccc1[C@H](c1ccc(Cl)c(Cl)c1)C2. The first-order valence-electron chi connectivity index (χ1n) is 9.91. The van der Waals surface area contributed by atoms with Crippen LogP contribution in [0, 0.1) is 0 Å². The molecule has 0 radical (unpaired) electrons. The molecule has 8 heteroatoms. The summed E-state index contributed by atoms with van der Waals surface area (Å²) in [6.45, 7) is 0.930. The molecule has 1 heterocycles. The summed E-state index contributed by atoms with van der Waals surface area (Å²) < 4.78 is 5.17. The zero-order chi connectivity index (χ0) is 22.0. The van der Waals surface area contributed by atoms with Crippen LogP contribution < -0.4 is 5.32 Å². The maximum absolute atomic E-state index is 12.0. The molecule has 1 aliphatic carbocycles. The van der Waals surface area contributed by atoms with Crippen LogP contribution in [-0.4, -0.2) is 48.2 Å². The van der Waals surface area contributed by atoms with Crippen LogP contribution in [0.25, 0.3) is 11.3 Å². The van der Waals surface area contributed by atoms with Crippen LogP contribution in [0.4, 0.5) is 10.7 Å². The standard InChI is InChI=1S/C23H22Cl2N4O2/c1-29(2)9-10-31-23(30)28-22-26-13-15-11-18(14-7-8-19(24)20(25)12-14)16-5-3-4-6-17(16)21(15)27-22/h3-8,12-13,18H,9-11H2,1-2H3,(H,26,27,28,30)/t18-/m0/s1. The van der Waals surface area contributed by atoms with Crippen molar-refractivity contribution in [1.29, 1.82) is 0 Å². The molecule has 0 fully saturated rings. The Kier molecular flexibility index (Phi) is 6.41. The van der Waals surface area contributed by atoms with Gasteiger partial charge >= 0.3 is 6.09 Å². The maximum atomic E-state index is 12.0. The normalized spacial score (nSPS) is 14.7. The van der Waals surface area contributed by atoms with Gasteiger partial charge < -0.3 is 9.64 Å². The summed E-state index contributed by atoms with van der Waals surface area (Å²) >= 11 is 12.4. The predicted molar refractivity (Wildman–Crippen MR) is 123 cm³/mol. The Balaban J connectivity index is 1.61. The van der Waals surface area contributed by atoms with Gasteiger partial charge in [0.05, 0.1) is 15.7 Å². The van der Waals surface area contributed by atoms with Crippen LogP contribution in [0.3, 0.4) is 0 Å². The third-order valence-electron chi connectivity index (χ3n) is 5.21. The summed E-state index contributed by atoms with van der Waals surface area (Å²) in [5, 5.41) is 3.69. The van der Waals surface area contributed by atoms with E-state index in [9.17, 15) is 4.79 Å². The number of halogens is 2. The molecule has 4 rings (SSSR count). The number of anilines is 1. The van der Waals surface area contributed by atoms with Gasteiger partial charge in [-0.2, -0.15) is 0 Å². The zero-order valence-corrected chi connectivity index (χ0v) is 18.7. The lowest BCUT2D eigenvalue weighted by Crippen LogP contribution is -2.23. The lowest BCUT2D eigenvalue weighted by Gasteiger charge is -2.27. The fourth-order valence-electron chi connectivity index (χ4n) is 3.67. The van der Waals surface area contributed by atoms with Crippen molar-refractivity contribution in [2.24, 2.45) is 0 Å². The van der Waals surface area contributed by atoms with Crippen molar-refractivity contribution in [1.82, 2.24) is 14.9 Å². The summed E-state index contributed by atoms with van der Waals surface area (Å²) in [6.07, 6.45) is 1.91. The van der Waals surface area contributed by atoms with Gasteiger partial charge in [-0.05, 0) is 49.3 Å². The van der Waals surface area contributed by atoms with Gasteiger partial charge in [-0.1, -0.05) is 53.5 Å². The first-order valence-corrected chi connectivity index (χ1v) is 10.7. The van der Waals surface area contributed by atoms with Crippen molar-refractivity contribution in [2.45, 2.75) is 12.3 Å². The van der Waals surface area contributed by atoms with E-state index in [1.807, 2.05) is 55.4 Å². The minimum atomic E-state index is -0.570. The number of hydrogen-bond donors (Lipinski definition) is 1. The van der Waals surface area contributed by atoms with Gasteiger partial charge in [0.1, 0.15) is 6.61 Å². The number of ether oxygens (including phenoxy) is 1. The molecular formula is C23H22Cl2N4O2. The van der Waals surface area contributed by atoms with Gasteiger partial charge in [0.25, 0.3) is 0 Å². The highest BCUT2D eigenvalue weighted by Gasteiger charge is 2.28. The number of likely N-dealkylation sites (N-methyl/N-ethyl adjacent to an activating group) is 1. The number of hydrogen-bond acceptors (Lipinski definition) is 5. The minimum Gasteiger partial charge on any atom is -0.448 e. The maximum Gasteiger partial charge on any atom is 0.414 e. The summed E-state index contributed by atoms with van der Waals surface area (Å²) in [5.41, 5.74) is 5.05. The summed E-state index contributed by atoms with van der Waals surface area (Å²) in [5.74, 6) is 0.327. The third kappa shape index (κ3) is 4.82. The Morgan fingerprint density at radius 1 is 1.19 bits per heavy atom. The van der Waals surface area contributed by atoms with Gasteiger partial charge in [-0.25, -0.2) is 14.8 Å². The van der Waals surface area contributed by atoms with Gasteiger partial charge in [0.15, 0.2) is 0 Å². The highest BCUT2D eigenvalue weighted by atomic mass is 35.5. The van der Waals surface area contributed by atoms with Crippen molar-refractivity contribution in [3.05, 3.63) is 75.4 Å². The van der Waals surface area contributed by atoms with Gasteiger partial charge in [-0.3, -0.25) is 5.32 Å². The molecule has 1 N–H and O–H groups in total. The number of amides is 1. The molecule has 1 atom stereocenters. The average Bonchev–Trinajstić information content (AvgIpc) is 2.75. The van der Waals surface area contributed by atoms with E-state index in [4.69, 9.17) is 27.9 Å². The molecule has 2 aromatic carbocycles. The first-order chi connectivity index (χ1) is 14.9. The molecule has 1 aliphatic rings. The summed E-state index contributed by atoms with van der Waals surface area (Å²) in [4.78, 5) is 22.9. The molecule has 1 aromatic heterocycles. The van der Waals surface area contributed by atoms with E-state index in [0.717, 1.165) is 34.4 Å². The second-order valence-electron chi connectivity index (χ2n) is 7.65. The van der Waals surface area contributed by atoms with Crippen molar-refractivity contribution >= 4 is 35.2 Å². The quantitative estimate of drug-likeness (QED) is 0.567. The van der Waals surface area contributed by atoms with Crippen LogP contribution >= 0.6 is 23.2 Å². The lowest BCUT2D eigenvalue weighted by atomic mass is 9.78. The molecule has 6 nitrogen and oxygen atoms in total. The molecule has 31 heavy (non-hydrogen) atoms. The summed E-state index contributed by atoms with van der Waals surface area (Å²) in [7, 11) is 3.83. The number of aromatic nitrogens is 2. The van der Waals surface area contributed by atoms with Crippen LogP contribution in [0.2, 0.25) is 10.0 Å². The number of nitrogens with zero attached hydrogens (tertiary/aromatic N) is 3. The molecule has 0 unspecified atom stereocenters. The second kappa shape index (κ2) is 9.22. The monoisotopic (exact) mass is 456 g/mol. The van der Waals surface area contributed by atoms with Crippen LogP contribution in [0.15, 0.2) is 48.7 Å². The number of rotatable bonds is 5. The van der Waals surface area contributed by atoms with Gasteiger partial charge in [0.2, 0.25) is 5.95 Å². The molecule has 0 saturated heterocycles. The second-order valence-corrected chi connectivity index (χ2v) is 8.46. The predicted octanol–water partition coefficient (Wildman–Crippen LogP) is 5.25. The molecular weight excluding hydrogens is 435 g/mol. The van der Waals surface area contributed by atoms with Gasteiger partial charge in [0, 0.05) is 24.2 Å². The highest BCUT2D eigenvalue weighted by Crippen LogP contribution is 2.42. The van der Waals surface area contributed by atoms with E-state index in [0.29, 0.717) is 16.6 Å². The van der Waals surface area contributed by atoms with Crippen molar-refractivity contribution < 1.29 is 9.53 Å². The van der Waals surface area contributed by atoms with Crippen LogP contribution in [0.1, 0.15) is 22.6 Å². The smallest absolute Gasteiger partial charge is 0.414 e. The Morgan fingerprint density at radius 3 is 2.77 bits per heavy atom. The Hall–Kier alpha value is -2.67. The Morgan fingerprint density at radius 2 is 2.00 bits per heavy atom. The van der Waals surface area contributed by atoms with E-state index in [-0.39, 0.29) is 18.5 Å². The highest BCUT2D eigenvalue weighted by molar-refractivity contribution is 6.42. The van der Waals surface area contributed by atoms with E-state index in [1.165, 1.54) is 0 Å². The largest absolute Gasteiger partial charge is 0.448 e. The van der Waals surface area contributed by atoms with Crippen molar-refractivity contribution in [3.63, 3.8) is 0 Å². The van der Waals surface area contributed by atoms with Crippen LogP contribution in [-0.2, 0) is 11.2 Å². The fourth-order valence-corrected chi connectivity index (χ4v) is 3.98. The zero-order valence-electron chi connectivity index (χ0n) is 17.2. The Bertz CT molecular complexity index is 1120. The molecule has 0 bridgehead atoms. The van der Waals surface area contributed by atoms with Crippen molar-refractivity contribution in [3.8, 4) is 11.3 Å². The third-order valence-corrected chi connectivity index (χ3v) is 5.95. The fraction of sp³-hybridized carbons (Fsp3) is 0.261. The number of carbonyl (C=O) groups excluding carboxylic acids is 1. The first kappa shape index (κ1) is 21.6. The van der Waals surface area contributed by atoms with E-state index in [2.05, 4.69) is 21.4 Å². The molecule has 0 spiro atoms. The molecule has 160 valence electrons. The topological polar surface area (TPSA) is 67.3 Å². The number of nitrogens with one attached hydrogen (secondary N) is 1.